The van der Waals surface area contributed by atoms with Crippen LogP contribution in [0.5, 0.6) is 0 Å². The minimum atomic E-state index is -0.174. The lowest BCUT2D eigenvalue weighted by molar-refractivity contribution is 0.0947. The second-order valence-corrected chi connectivity index (χ2v) is 5.29. The molecule has 7 heteroatoms. The minimum Gasteiger partial charge on any atom is -0.349 e. The molecular weight excluding hydrogens is 262 g/mol. The summed E-state index contributed by atoms with van der Waals surface area (Å²) in [5, 5.41) is 9.46. The van der Waals surface area contributed by atoms with Crippen LogP contribution in [-0.2, 0) is 6.54 Å². The Kier molecular flexibility index (Phi) is 4.28. The first-order valence-electron chi connectivity index (χ1n) is 6.04. The highest BCUT2D eigenvalue weighted by Gasteiger charge is 2.12. The van der Waals surface area contributed by atoms with Gasteiger partial charge in [0.2, 0.25) is 0 Å². The van der Waals surface area contributed by atoms with E-state index in [2.05, 4.69) is 15.4 Å². The molecule has 2 heterocycles. The molecule has 0 aliphatic rings. The summed E-state index contributed by atoms with van der Waals surface area (Å²) in [6.07, 6.45) is 3.72. The number of rotatable bonds is 5. The van der Waals surface area contributed by atoms with Crippen molar-refractivity contribution in [3.05, 3.63) is 34.0 Å². The second-order valence-electron chi connectivity index (χ2n) is 4.40. The number of carbonyl (C=O) groups excluding carboxylic acids is 1. The van der Waals surface area contributed by atoms with Crippen LogP contribution in [0.15, 0.2) is 17.8 Å². The highest BCUT2D eigenvalue weighted by atomic mass is 32.1. The summed E-state index contributed by atoms with van der Waals surface area (Å²) in [4.78, 5) is 16.0. The van der Waals surface area contributed by atoms with Gasteiger partial charge in [-0.1, -0.05) is 0 Å². The lowest BCUT2D eigenvalue weighted by Crippen LogP contribution is -2.27. The highest BCUT2D eigenvalue weighted by molar-refractivity contribution is 7.09. The van der Waals surface area contributed by atoms with E-state index >= 15 is 0 Å². The van der Waals surface area contributed by atoms with Crippen LogP contribution in [0.25, 0.3) is 0 Å². The fraction of sp³-hybridized carbons (Fsp3) is 0.417. The van der Waals surface area contributed by atoms with Crippen LogP contribution in [-0.4, -0.2) is 27.2 Å². The molecule has 0 aliphatic carbocycles. The van der Waals surface area contributed by atoms with Crippen molar-refractivity contribution in [2.45, 2.75) is 26.4 Å². The molecule has 0 spiro atoms. The Morgan fingerprint density at radius 1 is 1.63 bits per heavy atom. The third-order valence-electron chi connectivity index (χ3n) is 2.53. The zero-order chi connectivity index (χ0) is 13.8. The second kappa shape index (κ2) is 5.94. The van der Waals surface area contributed by atoms with E-state index in [1.165, 1.54) is 11.3 Å². The molecule has 0 radical (unpaired) electrons. The Bertz CT molecular complexity index is 560. The zero-order valence-corrected chi connectivity index (χ0v) is 11.8. The maximum Gasteiger partial charge on any atom is 0.270 e. The molecule has 0 fully saturated rings. The SMILES string of the molecule is Cc1cnn(CCNC(=O)c2csc(C(C)N)n2)c1. The maximum atomic E-state index is 11.8. The van der Waals surface area contributed by atoms with E-state index in [9.17, 15) is 4.79 Å². The molecule has 2 aromatic rings. The van der Waals surface area contributed by atoms with Gasteiger partial charge >= 0.3 is 0 Å². The number of amides is 1. The van der Waals surface area contributed by atoms with Gasteiger partial charge in [-0.25, -0.2) is 4.98 Å². The number of carbonyl (C=O) groups is 1. The summed E-state index contributed by atoms with van der Waals surface area (Å²) < 4.78 is 1.80. The predicted octanol–water partition coefficient (Wildman–Crippen LogP) is 1.10. The molecule has 1 unspecified atom stereocenters. The smallest absolute Gasteiger partial charge is 0.270 e. The Labute approximate surface area is 115 Å². The number of nitrogens with one attached hydrogen (secondary N) is 1. The fourth-order valence-electron chi connectivity index (χ4n) is 1.56. The Morgan fingerprint density at radius 2 is 2.42 bits per heavy atom. The third-order valence-corrected chi connectivity index (χ3v) is 3.58. The quantitative estimate of drug-likeness (QED) is 0.858. The number of thiazole rings is 1. The Morgan fingerprint density at radius 3 is 3.00 bits per heavy atom. The molecule has 19 heavy (non-hydrogen) atoms. The summed E-state index contributed by atoms with van der Waals surface area (Å²) >= 11 is 1.40. The molecule has 1 amide bonds. The predicted molar refractivity (Wildman–Crippen MR) is 74.0 cm³/mol. The van der Waals surface area contributed by atoms with Crippen molar-refractivity contribution in [1.82, 2.24) is 20.1 Å². The zero-order valence-electron chi connectivity index (χ0n) is 11.0. The average Bonchev–Trinajstić information content (AvgIpc) is 2.98. The Balaban J connectivity index is 1.83. The summed E-state index contributed by atoms with van der Waals surface area (Å²) in [5.74, 6) is -0.174. The van der Waals surface area contributed by atoms with Gasteiger partial charge < -0.3 is 11.1 Å². The lowest BCUT2D eigenvalue weighted by atomic mass is 10.4. The van der Waals surface area contributed by atoms with Crippen molar-refractivity contribution in [2.24, 2.45) is 5.73 Å². The number of aromatic nitrogens is 3. The van der Waals surface area contributed by atoms with Crippen molar-refractivity contribution in [2.75, 3.05) is 6.54 Å². The molecule has 0 bridgehead atoms. The number of nitrogens with two attached hydrogens (primary N) is 1. The van der Waals surface area contributed by atoms with Crippen LogP contribution in [0, 0.1) is 6.92 Å². The van der Waals surface area contributed by atoms with Crippen LogP contribution in [0.2, 0.25) is 0 Å². The topological polar surface area (TPSA) is 85.8 Å². The summed E-state index contributed by atoms with van der Waals surface area (Å²) in [7, 11) is 0. The number of aryl methyl sites for hydroxylation is 1. The van der Waals surface area contributed by atoms with E-state index in [0.29, 0.717) is 18.8 Å². The van der Waals surface area contributed by atoms with Crippen LogP contribution in [0.3, 0.4) is 0 Å². The van der Waals surface area contributed by atoms with Crippen molar-refractivity contribution in [1.29, 1.82) is 0 Å². The molecule has 3 N–H and O–H groups in total. The minimum absolute atomic E-state index is 0.140. The van der Waals surface area contributed by atoms with Crippen LogP contribution < -0.4 is 11.1 Å². The van der Waals surface area contributed by atoms with Gasteiger partial charge in [-0.15, -0.1) is 11.3 Å². The average molecular weight is 279 g/mol. The molecule has 0 aliphatic heterocycles. The van der Waals surface area contributed by atoms with E-state index < -0.39 is 0 Å². The summed E-state index contributed by atoms with van der Waals surface area (Å²) in [5.41, 5.74) is 7.24. The molecule has 2 rings (SSSR count). The van der Waals surface area contributed by atoms with Gasteiger partial charge in [-0.05, 0) is 19.4 Å². The van der Waals surface area contributed by atoms with Gasteiger partial charge in [0.15, 0.2) is 0 Å². The van der Waals surface area contributed by atoms with Gasteiger partial charge in [0.1, 0.15) is 10.7 Å². The molecule has 1 atom stereocenters. The standard InChI is InChI=1S/C12H17N5OS/c1-8-5-15-17(6-8)4-3-14-11(18)10-7-19-12(16-10)9(2)13/h5-7,9H,3-4,13H2,1-2H3,(H,14,18). The number of nitrogens with zero attached hydrogens (tertiary/aromatic N) is 3. The lowest BCUT2D eigenvalue weighted by Gasteiger charge is -2.03. The van der Waals surface area contributed by atoms with E-state index in [-0.39, 0.29) is 11.9 Å². The van der Waals surface area contributed by atoms with Gasteiger partial charge in [0.05, 0.1) is 18.8 Å². The molecule has 0 saturated heterocycles. The third kappa shape index (κ3) is 3.62. The highest BCUT2D eigenvalue weighted by Crippen LogP contribution is 2.15. The normalized spacial score (nSPS) is 12.4. The molecule has 102 valence electrons. The first kappa shape index (κ1) is 13.7. The fourth-order valence-corrected chi connectivity index (χ4v) is 2.32. The number of hydrogen-bond acceptors (Lipinski definition) is 5. The van der Waals surface area contributed by atoms with Crippen molar-refractivity contribution >= 4 is 17.2 Å². The van der Waals surface area contributed by atoms with Gasteiger partial charge in [-0.3, -0.25) is 9.48 Å². The molecule has 0 aromatic carbocycles. The molecule has 0 saturated carbocycles. The van der Waals surface area contributed by atoms with Crippen molar-refractivity contribution in [3.8, 4) is 0 Å². The summed E-state index contributed by atoms with van der Waals surface area (Å²) in [6, 6.07) is -0.140. The molecule has 2 aromatic heterocycles. The Hall–Kier alpha value is -1.73. The summed E-state index contributed by atoms with van der Waals surface area (Å²) in [6.45, 7) is 4.99. The van der Waals surface area contributed by atoms with E-state index in [0.717, 1.165) is 10.6 Å². The maximum absolute atomic E-state index is 11.8. The van der Waals surface area contributed by atoms with Gasteiger partial charge in [0.25, 0.3) is 5.91 Å². The van der Waals surface area contributed by atoms with Gasteiger partial charge in [-0.2, -0.15) is 5.10 Å². The molecular formula is C12H17N5OS. The van der Waals surface area contributed by atoms with Gasteiger partial charge in [0, 0.05) is 18.1 Å². The van der Waals surface area contributed by atoms with E-state index in [1.54, 1.807) is 16.3 Å². The first-order chi connectivity index (χ1) is 9.06. The van der Waals surface area contributed by atoms with E-state index in [4.69, 9.17) is 5.73 Å². The van der Waals surface area contributed by atoms with Crippen molar-refractivity contribution in [3.63, 3.8) is 0 Å². The first-order valence-corrected chi connectivity index (χ1v) is 6.92. The van der Waals surface area contributed by atoms with E-state index in [1.807, 2.05) is 20.0 Å². The number of hydrogen-bond donors (Lipinski definition) is 2. The van der Waals surface area contributed by atoms with Crippen molar-refractivity contribution < 1.29 is 4.79 Å². The molecule has 6 nitrogen and oxygen atoms in total. The van der Waals surface area contributed by atoms with Crippen LogP contribution >= 0.6 is 11.3 Å². The van der Waals surface area contributed by atoms with Crippen LogP contribution in [0.1, 0.15) is 34.0 Å². The monoisotopic (exact) mass is 279 g/mol. The largest absolute Gasteiger partial charge is 0.349 e. The van der Waals surface area contributed by atoms with Crippen LogP contribution in [0.4, 0.5) is 0 Å².